The minimum Gasteiger partial charge on any atom is -0.462 e. The quantitative estimate of drug-likeness (QED) is 0.0262. The van der Waals surface area contributed by atoms with E-state index < -0.39 is 6.10 Å². The zero-order chi connectivity index (χ0) is 50.7. The molecule has 0 amide bonds. The fraction of sp³-hybridized carbons (Fsp3) is 0.641. The van der Waals surface area contributed by atoms with Gasteiger partial charge in [0.15, 0.2) is 6.10 Å². The predicted octanol–water partition coefficient (Wildman–Crippen LogP) is 19.3. The van der Waals surface area contributed by atoms with Crippen molar-refractivity contribution < 1.29 is 28.6 Å². The van der Waals surface area contributed by atoms with Gasteiger partial charge < -0.3 is 14.2 Å². The molecule has 1 atom stereocenters. The monoisotopic (exact) mass is 969 g/mol. The summed E-state index contributed by atoms with van der Waals surface area (Å²) in [6.45, 7) is 6.36. The van der Waals surface area contributed by atoms with Gasteiger partial charge in [-0.25, -0.2) is 0 Å². The number of esters is 3. The molecule has 70 heavy (non-hydrogen) atoms. The Hall–Kier alpha value is -4.19. The summed E-state index contributed by atoms with van der Waals surface area (Å²) < 4.78 is 16.8. The number of ether oxygens (including phenoxy) is 3. The van der Waals surface area contributed by atoms with E-state index in [-0.39, 0.29) is 37.5 Å². The molecule has 6 heteroatoms. The summed E-state index contributed by atoms with van der Waals surface area (Å²) in [5, 5.41) is 0. The molecule has 0 heterocycles. The molecule has 0 aliphatic heterocycles. The Morgan fingerprint density at radius 2 is 0.557 bits per heavy atom. The summed E-state index contributed by atoms with van der Waals surface area (Å²) in [6, 6.07) is 0. The molecule has 396 valence electrons. The summed E-state index contributed by atoms with van der Waals surface area (Å²) in [7, 11) is 0. The van der Waals surface area contributed by atoms with Gasteiger partial charge in [0.2, 0.25) is 0 Å². The molecule has 0 saturated heterocycles. The molecule has 0 aromatic heterocycles. The van der Waals surface area contributed by atoms with Crippen LogP contribution in [0.5, 0.6) is 0 Å². The summed E-state index contributed by atoms with van der Waals surface area (Å²) in [6.07, 6.45) is 79.0. The van der Waals surface area contributed by atoms with Gasteiger partial charge in [0.1, 0.15) is 13.2 Å². The van der Waals surface area contributed by atoms with Crippen molar-refractivity contribution >= 4 is 17.9 Å². The van der Waals surface area contributed by atoms with Crippen LogP contribution in [-0.4, -0.2) is 37.2 Å². The molecule has 0 N–H and O–H groups in total. The second-order valence-electron chi connectivity index (χ2n) is 18.4. The molecule has 0 radical (unpaired) electrons. The van der Waals surface area contributed by atoms with Crippen LogP contribution in [0.3, 0.4) is 0 Å². The van der Waals surface area contributed by atoms with Gasteiger partial charge in [0.05, 0.1) is 0 Å². The molecule has 0 rings (SSSR count). The maximum atomic E-state index is 12.8. The highest BCUT2D eigenvalue weighted by Gasteiger charge is 2.19. The number of carbonyl (C=O) groups is 3. The first-order valence-electron chi connectivity index (χ1n) is 28.5. The molecular weight excluding hydrogens is 865 g/mol. The zero-order valence-electron chi connectivity index (χ0n) is 45.2. The molecule has 1 unspecified atom stereocenters. The number of hydrogen-bond donors (Lipinski definition) is 0. The topological polar surface area (TPSA) is 78.9 Å². The fourth-order valence-electron chi connectivity index (χ4n) is 7.49. The van der Waals surface area contributed by atoms with Crippen molar-refractivity contribution in [3.63, 3.8) is 0 Å². The molecule has 6 nitrogen and oxygen atoms in total. The van der Waals surface area contributed by atoms with Gasteiger partial charge in [0, 0.05) is 19.3 Å². The third-order valence-corrected chi connectivity index (χ3v) is 11.7. The highest BCUT2D eigenvalue weighted by molar-refractivity contribution is 5.71. The summed E-state index contributed by atoms with van der Waals surface area (Å²) in [4.78, 5) is 38.1. The standard InChI is InChI=1S/C64H104O6/c1-4-7-10-13-16-19-22-24-26-28-30-31-32-33-35-36-38-40-42-45-48-51-54-57-63(66)69-60-61(59-68-62(65)56-53-50-47-44-21-18-15-12-9-6-3)70-64(67)58-55-52-49-46-43-41-39-37-34-29-27-25-23-20-17-14-11-8-5-2/h7-8,10-11,16-17,19-20,24-27,30-31,33-35,37,41,43,61H,4-6,9,12-15,18,21-23,28-29,32,36,38-40,42,44-60H2,1-3H3/b10-7-,11-8-,19-16-,20-17-,26-24-,27-25-,31-30-,35-33-,37-34-,43-41-. The van der Waals surface area contributed by atoms with Crippen LogP contribution in [0.25, 0.3) is 0 Å². The summed E-state index contributed by atoms with van der Waals surface area (Å²) >= 11 is 0. The Kier molecular flexibility index (Phi) is 54.0. The fourth-order valence-corrected chi connectivity index (χ4v) is 7.49. The van der Waals surface area contributed by atoms with Crippen molar-refractivity contribution in [2.24, 2.45) is 0 Å². The number of carbonyl (C=O) groups excluding carboxylic acids is 3. The molecule has 0 aromatic rings. The van der Waals surface area contributed by atoms with Crippen LogP contribution in [0.4, 0.5) is 0 Å². The van der Waals surface area contributed by atoms with Crippen molar-refractivity contribution in [2.75, 3.05) is 13.2 Å². The molecular formula is C64H104O6. The van der Waals surface area contributed by atoms with Gasteiger partial charge in [-0.05, 0) is 109 Å². The zero-order valence-corrected chi connectivity index (χ0v) is 45.2. The molecule has 0 aromatic carbocycles. The smallest absolute Gasteiger partial charge is 0.306 e. The summed E-state index contributed by atoms with van der Waals surface area (Å²) in [5.74, 6) is -0.944. The van der Waals surface area contributed by atoms with Crippen LogP contribution in [-0.2, 0) is 28.6 Å². The third kappa shape index (κ3) is 54.7. The highest BCUT2D eigenvalue weighted by Crippen LogP contribution is 2.14. The van der Waals surface area contributed by atoms with Crippen LogP contribution < -0.4 is 0 Å². The van der Waals surface area contributed by atoms with E-state index in [1.807, 2.05) is 0 Å². The molecule has 0 aliphatic carbocycles. The van der Waals surface area contributed by atoms with E-state index in [1.54, 1.807) is 0 Å². The average Bonchev–Trinajstić information content (AvgIpc) is 3.36. The van der Waals surface area contributed by atoms with Crippen molar-refractivity contribution in [1.29, 1.82) is 0 Å². The number of rotatable bonds is 50. The van der Waals surface area contributed by atoms with Crippen LogP contribution in [0.15, 0.2) is 122 Å². The van der Waals surface area contributed by atoms with Gasteiger partial charge >= 0.3 is 17.9 Å². The lowest BCUT2D eigenvalue weighted by Gasteiger charge is -2.18. The van der Waals surface area contributed by atoms with E-state index in [0.717, 1.165) is 135 Å². The molecule has 0 bridgehead atoms. The second kappa shape index (κ2) is 57.4. The van der Waals surface area contributed by atoms with Crippen molar-refractivity contribution in [2.45, 2.75) is 252 Å². The number of unbranched alkanes of at least 4 members (excludes halogenated alkanes) is 19. The predicted molar refractivity (Wildman–Crippen MR) is 302 cm³/mol. The largest absolute Gasteiger partial charge is 0.462 e. The Bertz CT molecular complexity index is 1490. The Morgan fingerprint density at radius 3 is 0.886 bits per heavy atom. The Balaban J connectivity index is 4.40. The number of allylic oxidation sites excluding steroid dienone is 20. The van der Waals surface area contributed by atoms with Gasteiger partial charge in [0.25, 0.3) is 0 Å². The van der Waals surface area contributed by atoms with Crippen LogP contribution >= 0.6 is 0 Å². The Morgan fingerprint density at radius 1 is 0.300 bits per heavy atom. The number of hydrogen-bond acceptors (Lipinski definition) is 6. The second-order valence-corrected chi connectivity index (χ2v) is 18.4. The van der Waals surface area contributed by atoms with Gasteiger partial charge in [-0.1, -0.05) is 239 Å². The lowest BCUT2D eigenvalue weighted by molar-refractivity contribution is -0.167. The highest BCUT2D eigenvalue weighted by atomic mass is 16.6. The lowest BCUT2D eigenvalue weighted by Crippen LogP contribution is -2.30. The average molecular weight is 970 g/mol. The Labute approximate surface area is 431 Å². The van der Waals surface area contributed by atoms with E-state index in [0.29, 0.717) is 12.8 Å². The van der Waals surface area contributed by atoms with Gasteiger partial charge in [-0.2, -0.15) is 0 Å². The van der Waals surface area contributed by atoms with Gasteiger partial charge in [-0.15, -0.1) is 0 Å². The van der Waals surface area contributed by atoms with Crippen LogP contribution in [0.1, 0.15) is 245 Å². The van der Waals surface area contributed by atoms with E-state index in [1.165, 1.54) is 70.6 Å². The van der Waals surface area contributed by atoms with Crippen molar-refractivity contribution in [3.8, 4) is 0 Å². The first-order chi connectivity index (χ1) is 34.5. The minimum absolute atomic E-state index is 0.0965. The summed E-state index contributed by atoms with van der Waals surface area (Å²) in [5.41, 5.74) is 0. The van der Waals surface area contributed by atoms with E-state index >= 15 is 0 Å². The van der Waals surface area contributed by atoms with Crippen molar-refractivity contribution in [1.82, 2.24) is 0 Å². The SMILES string of the molecule is CC/C=C\C/C=C\C/C=C\C/C=C\C/C=C\CCCCCCCCCC(=O)OCC(COC(=O)CCCCCCCCCCCC)OC(=O)CCCCC/C=C\C/C=C\C/C=C\C/C=C\C/C=C\CC. The van der Waals surface area contributed by atoms with Crippen LogP contribution in [0.2, 0.25) is 0 Å². The maximum Gasteiger partial charge on any atom is 0.306 e. The van der Waals surface area contributed by atoms with Crippen LogP contribution in [0, 0.1) is 0 Å². The van der Waals surface area contributed by atoms with Gasteiger partial charge in [-0.3, -0.25) is 14.4 Å². The normalized spacial score (nSPS) is 13.0. The van der Waals surface area contributed by atoms with E-state index in [4.69, 9.17) is 14.2 Å². The minimum atomic E-state index is -0.802. The first kappa shape index (κ1) is 65.8. The van der Waals surface area contributed by atoms with E-state index in [9.17, 15) is 14.4 Å². The maximum absolute atomic E-state index is 12.8. The van der Waals surface area contributed by atoms with E-state index in [2.05, 4.69) is 142 Å². The first-order valence-corrected chi connectivity index (χ1v) is 28.5. The molecule has 0 saturated carbocycles. The molecule has 0 spiro atoms. The third-order valence-electron chi connectivity index (χ3n) is 11.7. The molecule has 0 fully saturated rings. The van der Waals surface area contributed by atoms with Crippen molar-refractivity contribution in [3.05, 3.63) is 122 Å². The lowest BCUT2D eigenvalue weighted by atomic mass is 10.1. The molecule has 0 aliphatic rings.